The predicted molar refractivity (Wildman–Crippen MR) is 73.2 cm³/mol. The smallest absolute Gasteiger partial charge is 0.317 e. The third kappa shape index (κ3) is 3.47. The summed E-state index contributed by atoms with van der Waals surface area (Å²) in [5, 5.41) is 15.9. The Labute approximate surface area is 116 Å². The Morgan fingerprint density at radius 1 is 1.53 bits per heavy atom. The van der Waals surface area contributed by atoms with Crippen molar-refractivity contribution < 1.29 is 14.7 Å². The van der Waals surface area contributed by atoms with Gasteiger partial charge in [0.1, 0.15) is 0 Å². The minimum atomic E-state index is -0.814. The summed E-state index contributed by atoms with van der Waals surface area (Å²) >= 11 is 1.62. The molecule has 0 spiro atoms. The number of urea groups is 1. The first-order chi connectivity index (χ1) is 9.08. The minimum absolute atomic E-state index is 0.170. The highest BCUT2D eigenvalue weighted by atomic mass is 32.1. The van der Waals surface area contributed by atoms with Crippen LogP contribution < -0.4 is 5.32 Å². The maximum absolute atomic E-state index is 12.0. The van der Waals surface area contributed by atoms with E-state index in [9.17, 15) is 9.59 Å². The molecule has 1 fully saturated rings. The van der Waals surface area contributed by atoms with Crippen molar-refractivity contribution >= 4 is 23.3 Å². The van der Waals surface area contributed by atoms with Gasteiger partial charge >= 0.3 is 12.0 Å². The molecule has 0 unspecified atom stereocenters. The van der Waals surface area contributed by atoms with Crippen LogP contribution >= 0.6 is 11.3 Å². The summed E-state index contributed by atoms with van der Waals surface area (Å²) in [7, 11) is 0. The summed E-state index contributed by atoms with van der Waals surface area (Å²) in [6.07, 6.45) is 1.41. The highest BCUT2D eigenvalue weighted by Crippen LogP contribution is 2.17. The second-order valence-corrected chi connectivity index (χ2v) is 5.61. The second-order valence-electron chi connectivity index (χ2n) is 4.86. The van der Waals surface area contributed by atoms with Crippen molar-refractivity contribution in [2.75, 3.05) is 13.1 Å². The van der Waals surface area contributed by atoms with Crippen molar-refractivity contribution in [2.45, 2.75) is 26.3 Å². The zero-order chi connectivity index (χ0) is 13.8. The number of piperidine rings is 1. The van der Waals surface area contributed by atoms with Crippen LogP contribution in [0.25, 0.3) is 0 Å². The minimum Gasteiger partial charge on any atom is -0.481 e. The van der Waals surface area contributed by atoms with Crippen LogP contribution in [0.1, 0.15) is 24.0 Å². The summed E-state index contributed by atoms with van der Waals surface area (Å²) in [6.45, 7) is 3.46. The molecule has 5 nitrogen and oxygen atoms in total. The Hall–Kier alpha value is -1.56. The van der Waals surface area contributed by atoms with E-state index >= 15 is 0 Å². The molecule has 0 aromatic carbocycles. The van der Waals surface area contributed by atoms with Gasteiger partial charge in [0.15, 0.2) is 0 Å². The monoisotopic (exact) mass is 282 g/mol. The number of aryl methyl sites for hydroxylation is 1. The van der Waals surface area contributed by atoms with Crippen molar-refractivity contribution in [3.05, 3.63) is 21.9 Å². The van der Waals surface area contributed by atoms with Crippen molar-refractivity contribution in [3.63, 3.8) is 0 Å². The first-order valence-electron chi connectivity index (χ1n) is 6.35. The first-order valence-corrected chi connectivity index (χ1v) is 7.29. The molecule has 19 heavy (non-hydrogen) atoms. The molecule has 2 N–H and O–H groups in total. The highest BCUT2D eigenvalue weighted by molar-refractivity contribution is 7.08. The van der Waals surface area contributed by atoms with Crippen LogP contribution in [0, 0.1) is 12.8 Å². The van der Waals surface area contributed by atoms with Crippen molar-refractivity contribution in [1.82, 2.24) is 10.2 Å². The fourth-order valence-electron chi connectivity index (χ4n) is 2.21. The summed E-state index contributed by atoms with van der Waals surface area (Å²) in [5.74, 6) is -1.24. The number of hydrogen-bond acceptors (Lipinski definition) is 3. The van der Waals surface area contributed by atoms with E-state index in [1.165, 1.54) is 5.56 Å². The van der Waals surface area contributed by atoms with Gasteiger partial charge < -0.3 is 15.3 Å². The molecule has 2 rings (SSSR count). The summed E-state index contributed by atoms with van der Waals surface area (Å²) in [5.41, 5.74) is 2.29. The number of hydrogen-bond donors (Lipinski definition) is 2. The molecule has 1 aliphatic heterocycles. The normalized spacial score (nSPS) is 19.2. The van der Waals surface area contributed by atoms with E-state index in [2.05, 4.69) is 5.32 Å². The van der Waals surface area contributed by atoms with Crippen molar-refractivity contribution in [3.8, 4) is 0 Å². The molecular weight excluding hydrogens is 264 g/mol. The van der Waals surface area contributed by atoms with Crippen molar-refractivity contribution in [2.24, 2.45) is 5.92 Å². The molecule has 0 radical (unpaired) electrons. The van der Waals surface area contributed by atoms with Gasteiger partial charge in [-0.2, -0.15) is 11.3 Å². The number of likely N-dealkylation sites (tertiary alicyclic amines) is 1. The lowest BCUT2D eigenvalue weighted by molar-refractivity contribution is -0.143. The Morgan fingerprint density at radius 3 is 2.95 bits per heavy atom. The molecule has 2 heterocycles. The van der Waals surface area contributed by atoms with Crippen LogP contribution in [0.5, 0.6) is 0 Å². The molecule has 0 saturated carbocycles. The zero-order valence-electron chi connectivity index (χ0n) is 10.9. The molecule has 1 aromatic rings. The topological polar surface area (TPSA) is 69.6 Å². The van der Waals surface area contributed by atoms with E-state index in [1.54, 1.807) is 16.2 Å². The standard InChI is InChI=1S/C13H18N2O3S/c1-9-7-19-8-11(9)5-14-13(18)15-4-2-3-10(6-15)12(16)17/h7-8,10H,2-6H2,1H3,(H,14,18)(H,16,17)/t10-/m1/s1. The molecule has 2 amide bonds. The van der Waals surface area contributed by atoms with E-state index in [-0.39, 0.29) is 6.03 Å². The van der Waals surface area contributed by atoms with Crippen LogP contribution in [0.15, 0.2) is 10.8 Å². The van der Waals surface area contributed by atoms with Crippen LogP contribution in [-0.4, -0.2) is 35.1 Å². The molecule has 1 aromatic heterocycles. The van der Waals surface area contributed by atoms with Crippen LogP contribution in [0.2, 0.25) is 0 Å². The molecule has 1 aliphatic rings. The lowest BCUT2D eigenvalue weighted by Crippen LogP contribution is -2.46. The molecule has 6 heteroatoms. The Kier molecular flexibility index (Phi) is 4.42. The number of thiophene rings is 1. The molecule has 0 bridgehead atoms. The van der Waals surface area contributed by atoms with Gasteiger partial charge in [0.05, 0.1) is 5.92 Å². The number of carboxylic acids is 1. The molecule has 1 saturated heterocycles. The second kappa shape index (κ2) is 6.06. The number of carbonyl (C=O) groups excluding carboxylic acids is 1. The molecular formula is C13H18N2O3S. The van der Waals surface area contributed by atoms with Gasteiger partial charge in [-0.1, -0.05) is 0 Å². The molecule has 0 aliphatic carbocycles. The van der Waals surface area contributed by atoms with Gasteiger partial charge in [-0.25, -0.2) is 4.79 Å². The van der Waals surface area contributed by atoms with E-state index in [1.807, 2.05) is 17.7 Å². The van der Waals surface area contributed by atoms with E-state index in [0.717, 1.165) is 12.0 Å². The lowest BCUT2D eigenvalue weighted by Gasteiger charge is -2.30. The summed E-state index contributed by atoms with van der Waals surface area (Å²) in [4.78, 5) is 24.6. The van der Waals surface area contributed by atoms with E-state index in [0.29, 0.717) is 26.1 Å². The Bertz CT molecular complexity index is 472. The molecule has 104 valence electrons. The number of rotatable bonds is 3. The third-order valence-corrected chi connectivity index (χ3v) is 4.36. The van der Waals surface area contributed by atoms with Crippen molar-refractivity contribution in [1.29, 1.82) is 0 Å². The largest absolute Gasteiger partial charge is 0.481 e. The number of amides is 2. The van der Waals surface area contributed by atoms with Gasteiger partial charge in [0.2, 0.25) is 0 Å². The van der Waals surface area contributed by atoms with Gasteiger partial charge in [0.25, 0.3) is 0 Å². The van der Waals surface area contributed by atoms with Crippen LogP contribution in [0.4, 0.5) is 4.79 Å². The van der Waals surface area contributed by atoms with Gasteiger partial charge in [-0.3, -0.25) is 4.79 Å². The number of nitrogens with one attached hydrogen (secondary N) is 1. The highest BCUT2D eigenvalue weighted by Gasteiger charge is 2.27. The first kappa shape index (κ1) is 13.9. The van der Waals surface area contributed by atoms with E-state index < -0.39 is 11.9 Å². The predicted octanol–water partition coefficient (Wildman–Crippen LogP) is 2.06. The Balaban J connectivity index is 1.86. The fourth-order valence-corrected chi connectivity index (χ4v) is 3.07. The van der Waals surface area contributed by atoms with Gasteiger partial charge in [-0.15, -0.1) is 0 Å². The van der Waals surface area contributed by atoms with Crippen LogP contribution in [0.3, 0.4) is 0 Å². The zero-order valence-corrected chi connectivity index (χ0v) is 11.7. The number of carboxylic acid groups (broad SMARTS) is 1. The third-order valence-electron chi connectivity index (χ3n) is 3.45. The Morgan fingerprint density at radius 2 is 2.32 bits per heavy atom. The lowest BCUT2D eigenvalue weighted by atomic mass is 9.99. The maximum Gasteiger partial charge on any atom is 0.317 e. The number of aliphatic carboxylic acids is 1. The fraction of sp³-hybridized carbons (Fsp3) is 0.538. The maximum atomic E-state index is 12.0. The van der Waals surface area contributed by atoms with Gasteiger partial charge in [0, 0.05) is 19.6 Å². The average molecular weight is 282 g/mol. The van der Waals surface area contributed by atoms with Gasteiger partial charge in [-0.05, 0) is 41.7 Å². The average Bonchev–Trinajstić information content (AvgIpc) is 2.81. The van der Waals surface area contributed by atoms with Crippen LogP contribution in [-0.2, 0) is 11.3 Å². The quantitative estimate of drug-likeness (QED) is 0.891. The number of nitrogens with zero attached hydrogens (tertiary/aromatic N) is 1. The number of carbonyl (C=O) groups is 2. The SMILES string of the molecule is Cc1cscc1CNC(=O)N1CCC[C@@H](C(=O)O)C1. The summed E-state index contributed by atoms with van der Waals surface area (Å²) < 4.78 is 0. The molecule has 1 atom stereocenters. The van der Waals surface area contributed by atoms with E-state index in [4.69, 9.17) is 5.11 Å². The summed E-state index contributed by atoms with van der Waals surface area (Å²) in [6, 6.07) is -0.170.